The zero-order valence-corrected chi connectivity index (χ0v) is 22.4. The van der Waals surface area contributed by atoms with Crippen LogP contribution in [0.15, 0.2) is 48.6 Å². The third-order valence-corrected chi connectivity index (χ3v) is 7.21. The van der Waals surface area contributed by atoms with E-state index in [2.05, 4.69) is 20.9 Å². The molecule has 0 radical (unpaired) electrons. The van der Waals surface area contributed by atoms with Gasteiger partial charge in [0, 0.05) is 24.1 Å². The Morgan fingerprint density at radius 1 is 1.13 bits per heavy atom. The topological polar surface area (TPSA) is 125 Å². The number of carbonyl (C=O) groups excluding carboxylic acids is 3. The molecule has 0 spiro atoms. The molecule has 1 atom stereocenters. The fourth-order valence-electron chi connectivity index (χ4n) is 4.84. The predicted molar refractivity (Wildman–Crippen MR) is 148 cm³/mol. The van der Waals surface area contributed by atoms with Gasteiger partial charge in [0.2, 0.25) is 5.91 Å². The first kappa shape index (κ1) is 26.6. The van der Waals surface area contributed by atoms with Crippen LogP contribution in [0.2, 0.25) is 5.15 Å². The largest absolute Gasteiger partial charge is 0.469 e. The van der Waals surface area contributed by atoms with Gasteiger partial charge in [0.25, 0.3) is 5.91 Å². The summed E-state index contributed by atoms with van der Waals surface area (Å²) in [5.74, 6) is -0.247. The van der Waals surface area contributed by atoms with Crippen molar-refractivity contribution in [1.29, 1.82) is 0 Å². The van der Waals surface area contributed by atoms with Gasteiger partial charge in [0.15, 0.2) is 0 Å². The number of ether oxygens (including phenoxy) is 1. The highest BCUT2D eigenvalue weighted by atomic mass is 35.5. The van der Waals surface area contributed by atoms with E-state index >= 15 is 0 Å². The Bertz CT molecular complexity index is 1450. The average Bonchev–Trinajstić information content (AvgIpc) is 3.32. The Morgan fingerprint density at radius 3 is 2.85 bits per heavy atom. The van der Waals surface area contributed by atoms with E-state index in [9.17, 15) is 14.4 Å². The van der Waals surface area contributed by atoms with Gasteiger partial charge in [-0.05, 0) is 60.7 Å². The van der Waals surface area contributed by atoms with Crippen LogP contribution in [0.4, 0.5) is 5.69 Å². The van der Waals surface area contributed by atoms with Gasteiger partial charge in [-0.3, -0.25) is 14.4 Å². The number of H-pyrrole nitrogens is 1. The zero-order valence-electron chi connectivity index (χ0n) is 21.6. The lowest BCUT2D eigenvalue weighted by Crippen LogP contribution is -2.30. The number of halogens is 1. The van der Waals surface area contributed by atoms with E-state index < -0.39 is 6.04 Å². The molecule has 2 bridgehead atoms. The minimum atomic E-state index is -0.468. The maximum Gasteiger partial charge on any atom is 0.309 e. The second kappa shape index (κ2) is 11.8. The lowest BCUT2D eigenvalue weighted by atomic mass is 9.98. The van der Waals surface area contributed by atoms with E-state index in [-0.39, 0.29) is 35.8 Å². The Morgan fingerprint density at radius 2 is 2.00 bits per heavy atom. The Labute approximate surface area is 231 Å². The third-order valence-electron chi connectivity index (χ3n) is 6.93. The maximum atomic E-state index is 13.3. The molecular weight excluding hydrogens is 518 g/mol. The van der Waals surface area contributed by atoms with Crippen molar-refractivity contribution in [2.75, 3.05) is 19.0 Å². The van der Waals surface area contributed by atoms with E-state index in [0.717, 1.165) is 19.5 Å². The summed E-state index contributed by atoms with van der Waals surface area (Å²) in [7, 11) is 1.33. The summed E-state index contributed by atoms with van der Waals surface area (Å²) in [6.07, 6.45) is 6.08. The number of hydrogen-bond acceptors (Lipinski definition) is 6. The number of aromatic nitrogens is 2. The van der Waals surface area contributed by atoms with Crippen LogP contribution in [0, 0.1) is 0 Å². The lowest BCUT2D eigenvalue weighted by Gasteiger charge is -2.19. The average molecular weight is 548 g/mol. The smallest absolute Gasteiger partial charge is 0.309 e. The van der Waals surface area contributed by atoms with Gasteiger partial charge in [-0.2, -0.15) is 0 Å². The summed E-state index contributed by atoms with van der Waals surface area (Å²) in [6, 6.07) is 10.6. The number of esters is 1. The number of nitrogens with one attached hydrogen (secondary N) is 4. The van der Waals surface area contributed by atoms with Crippen molar-refractivity contribution in [1.82, 2.24) is 20.6 Å². The van der Waals surface area contributed by atoms with Gasteiger partial charge >= 0.3 is 5.97 Å². The molecule has 9 nitrogen and oxygen atoms in total. The zero-order chi connectivity index (χ0) is 27.4. The van der Waals surface area contributed by atoms with Crippen LogP contribution < -0.4 is 16.0 Å². The number of amides is 2. The monoisotopic (exact) mass is 547 g/mol. The minimum absolute atomic E-state index is 0.0647. The van der Waals surface area contributed by atoms with Crippen LogP contribution in [-0.4, -0.2) is 41.4 Å². The normalized spacial score (nSPS) is 17.8. The summed E-state index contributed by atoms with van der Waals surface area (Å²) in [5.41, 5.74) is 5.21. The quantitative estimate of drug-likeness (QED) is 0.286. The highest BCUT2D eigenvalue weighted by Gasteiger charge is 2.23. The van der Waals surface area contributed by atoms with Crippen molar-refractivity contribution in [3.63, 3.8) is 0 Å². The first-order valence-electron chi connectivity index (χ1n) is 12.9. The van der Waals surface area contributed by atoms with E-state index in [0.29, 0.717) is 46.7 Å². The molecule has 3 heterocycles. The number of fused-ring (bicyclic) bond motifs is 5. The number of anilines is 1. The molecule has 10 heteroatoms. The first-order valence-corrected chi connectivity index (χ1v) is 13.3. The SMILES string of the molecule is COC(=O)Cc1ccc2c(c1)NC(=O)CC/C=C/C[C@H](NC(=O)c1ccc3c(c1)CCNC3)c1nc-2c(Cl)[nH]1. The van der Waals surface area contributed by atoms with E-state index in [1.165, 1.54) is 18.2 Å². The molecule has 0 saturated carbocycles. The number of hydrogen-bond donors (Lipinski definition) is 4. The van der Waals surface area contributed by atoms with Crippen molar-refractivity contribution in [2.45, 2.75) is 44.7 Å². The second-order valence-corrected chi connectivity index (χ2v) is 10.0. The molecule has 202 valence electrons. The number of carbonyl (C=O) groups is 3. The van der Waals surface area contributed by atoms with Crippen LogP contribution in [0.25, 0.3) is 11.3 Å². The van der Waals surface area contributed by atoms with Crippen LogP contribution in [-0.2, 0) is 33.7 Å². The Balaban J connectivity index is 1.47. The number of imidazole rings is 1. The van der Waals surface area contributed by atoms with E-state index in [1.54, 1.807) is 18.2 Å². The fourth-order valence-corrected chi connectivity index (χ4v) is 5.08. The first-order chi connectivity index (χ1) is 18.9. The molecule has 0 fully saturated rings. The van der Waals surface area contributed by atoms with Gasteiger partial charge in [-0.1, -0.05) is 42.0 Å². The molecule has 5 rings (SSSR count). The van der Waals surface area contributed by atoms with Crippen LogP contribution >= 0.6 is 11.6 Å². The molecule has 2 aliphatic heterocycles. The van der Waals surface area contributed by atoms with Crippen molar-refractivity contribution >= 4 is 35.1 Å². The summed E-state index contributed by atoms with van der Waals surface area (Å²) >= 11 is 6.62. The summed E-state index contributed by atoms with van der Waals surface area (Å²) < 4.78 is 4.78. The van der Waals surface area contributed by atoms with Gasteiger partial charge in [0.1, 0.15) is 16.7 Å². The molecule has 0 aliphatic carbocycles. The number of benzene rings is 2. The van der Waals surface area contributed by atoms with E-state index in [1.807, 2.05) is 30.4 Å². The van der Waals surface area contributed by atoms with Gasteiger partial charge < -0.3 is 25.7 Å². The second-order valence-electron chi connectivity index (χ2n) is 9.65. The van der Waals surface area contributed by atoms with Crippen molar-refractivity contribution < 1.29 is 19.1 Å². The highest BCUT2D eigenvalue weighted by Crippen LogP contribution is 2.35. The number of allylic oxidation sites excluding steroid dienone is 1. The van der Waals surface area contributed by atoms with E-state index in [4.69, 9.17) is 21.3 Å². The van der Waals surface area contributed by atoms with Crippen molar-refractivity contribution in [3.05, 3.63) is 81.8 Å². The van der Waals surface area contributed by atoms with Crippen LogP contribution in [0.3, 0.4) is 0 Å². The van der Waals surface area contributed by atoms with Gasteiger partial charge in [-0.25, -0.2) is 4.98 Å². The fraction of sp³-hybridized carbons (Fsp3) is 0.310. The minimum Gasteiger partial charge on any atom is -0.469 e. The van der Waals surface area contributed by atoms with Crippen LogP contribution in [0.1, 0.15) is 58.2 Å². The predicted octanol–water partition coefficient (Wildman–Crippen LogP) is 4.24. The summed E-state index contributed by atoms with van der Waals surface area (Å²) in [6.45, 7) is 1.70. The number of nitrogens with zero attached hydrogens (tertiary/aromatic N) is 1. The van der Waals surface area contributed by atoms with Crippen molar-refractivity contribution in [3.8, 4) is 11.3 Å². The maximum absolute atomic E-state index is 13.3. The summed E-state index contributed by atoms with van der Waals surface area (Å²) in [4.78, 5) is 45.7. The molecule has 2 aromatic carbocycles. The third kappa shape index (κ3) is 6.21. The highest BCUT2D eigenvalue weighted by molar-refractivity contribution is 6.32. The van der Waals surface area contributed by atoms with Crippen molar-refractivity contribution in [2.24, 2.45) is 0 Å². The van der Waals surface area contributed by atoms with Crippen LogP contribution in [0.5, 0.6) is 0 Å². The molecule has 2 aliphatic rings. The number of methoxy groups -OCH3 is 1. The molecule has 1 aromatic heterocycles. The number of rotatable bonds is 4. The van der Waals surface area contributed by atoms with Gasteiger partial charge in [0.05, 0.1) is 25.3 Å². The molecule has 39 heavy (non-hydrogen) atoms. The molecule has 2 amide bonds. The summed E-state index contributed by atoms with van der Waals surface area (Å²) in [5, 5.41) is 9.67. The molecule has 0 saturated heterocycles. The molecule has 4 N–H and O–H groups in total. The number of aromatic amines is 1. The Kier molecular flexibility index (Phi) is 8.09. The molecular formula is C29H30ClN5O4. The Hall–Kier alpha value is -3.95. The standard InChI is InChI=1S/C29H30ClN5O4/c1-39-25(37)14-17-7-10-21-23(13-17)32-24(36)6-4-2-3-5-22(28-34-26(21)27(30)35-28)33-29(38)19-8-9-20-16-31-12-11-18(20)15-19/h2-3,7-10,13,15,22,31H,4-6,11-12,14,16H2,1H3,(H,32,36)(H,33,38)(H,34,35)/b3-2+/t22-/m0/s1. The molecule has 0 unspecified atom stereocenters. The lowest BCUT2D eigenvalue weighted by molar-refractivity contribution is -0.139. The molecule has 3 aromatic rings. The van der Waals surface area contributed by atoms with Gasteiger partial charge in [-0.15, -0.1) is 0 Å².